The number of thiophene rings is 1. The van der Waals surface area contributed by atoms with Crippen molar-refractivity contribution in [1.82, 2.24) is 4.90 Å². The summed E-state index contributed by atoms with van der Waals surface area (Å²) in [6.45, 7) is 1.59. The van der Waals surface area contributed by atoms with Crippen molar-refractivity contribution < 1.29 is 14.5 Å². The second kappa shape index (κ2) is 11.2. The van der Waals surface area contributed by atoms with Crippen molar-refractivity contribution in [1.29, 1.82) is 0 Å². The van der Waals surface area contributed by atoms with E-state index in [0.717, 1.165) is 11.3 Å². The molecule has 37 heavy (non-hydrogen) atoms. The first-order chi connectivity index (χ1) is 18.0. The molecule has 4 aromatic carbocycles. The summed E-state index contributed by atoms with van der Waals surface area (Å²) in [5, 5.41) is 13.8. The first-order valence-electron chi connectivity index (χ1n) is 11.8. The van der Waals surface area contributed by atoms with Crippen LogP contribution in [0.4, 0.5) is 5.69 Å². The van der Waals surface area contributed by atoms with Crippen molar-refractivity contribution in [3.05, 3.63) is 117 Å². The van der Waals surface area contributed by atoms with Crippen LogP contribution in [0.2, 0.25) is 0 Å². The minimum atomic E-state index is -0.496. The Bertz CT molecular complexity index is 1590. The van der Waals surface area contributed by atoms with E-state index >= 15 is 0 Å². The smallest absolute Gasteiger partial charge is 0.284 e. The molecule has 0 saturated carbocycles. The Morgan fingerprint density at radius 2 is 1.68 bits per heavy atom. The summed E-state index contributed by atoms with van der Waals surface area (Å²) in [6, 6.07) is 28.9. The number of nitro groups is 1. The Balaban J connectivity index is 1.29. The Morgan fingerprint density at radius 1 is 0.919 bits per heavy atom. The zero-order valence-electron chi connectivity index (χ0n) is 19.8. The molecule has 0 unspecified atom stereocenters. The number of halogens is 1. The first-order valence-corrected chi connectivity index (χ1v) is 13.4. The van der Waals surface area contributed by atoms with Crippen LogP contribution >= 0.6 is 27.3 Å². The highest BCUT2D eigenvalue weighted by Gasteiger charge is 2.19. The molecule has 1 heterocycles. The van der Waals surface area contributed by atoms with Gasteiger partial charge in [-0.2, -0.15) is 0 Å². The maximum Gasteiger partial charge on any atom is 0.284 e. The molecule has 0 aliphatic heterocycles. The number of nitrogens with zero attached hydrogens (tertiary/aromatic N) is 2. The molecule has 0 bridgehead atoms. The van der Waals surface area contributed by atoms with Gasteiger partial charge >= 0.3 is 0 Å². The van der Waals surface area contributed by atoms with E-state index in [2.05, 4.69) is 40.2 Å². The third-order valence-electron chi connectivity index (χ3n) is 6.11. The summed E-state index contributed by atoms with van der Waals surface area (Å²) in [7, 11) is 0. The molecule has 0 aliphatic rings. The van der Waals surface area contributed by atoms with Gasteiger partial charge in [0.1, 0.15) is 12.4 Å². The molecule has 5 rings (SSSR count). The van der Waals surface area contributed by atoms with Crippen LogP contribution in [0.1, 0.15) is 15.9 Å². The van der Waals surface area contributed by atoms with E-state index < -0.39 is 4.92 Å². The summed E-state index contributed by atoms with van der Waals surface area (Å²) < 4.78 is 8.86. The second-order valence-corrected chi connectivity index (χ2v) is 10.6. The van der Waals surface area contributed by atoms with Gasteiger partial charge in [0.2, 0.25) is 0 Å². The number of ketones is 1. The number of ether oxygens (including phenoxy) is 1. The van der Waals surface area contributed by atoms with Crippen LogP contribution in [0.25, 0.3) is 20.2 Å². The molecule has 1 aromatic heterocycles. The van der Waals surface area contributed by atoms with Crippen LogP contribution in [0.3, 0.4) is 0 Å². The Labute approximate surface area is 226 Å². The molecule has 0 radical (unpaired) electrons. The van der Waals surface area contributed by atoms with E-state index in [1.54, 1.807) is 23.5 Å². The topological polar surface area (TPSA) is 72.7 Å². The van der Waals surface area contributed by atoms with Gasteiger partial charge in [0.25, 0.3) is 5.69 Å². The Morgan fingerprint density at radius 3 is 2.49 bits per heavy atom. The lowest BCUT2D eigenvalue weighted by atomic mass is 10.1. The molecule has 186 valence electrons. The van der Waals surface area contributed by atoms with E-state index in [-0.39, 0.29) is 18.0 Å². The third kappa shape index (κ3) is 5.88. The predicted octanol–water partition coefficient (Wildman–Crippen LogP) is 7.49. The van der Waals surface area contributed by atoms with Gasteiger partial charge in [-0.1, -0.05) is 48.5 Å². The lowest BCUT2D eigenvalue weighted by molar-refractivity contribution is -0.385. The molecule has 0 N–H and O–H groups in total. The van der Waals surface area contributed by atoms with Crippen LogP contribution in [0, 0.1) is 10.1 Å². The van der Waals surface area contributed by atoms with E-state index in [4.69, 9.17) is 4.74 Å². The number of carbonyl (C=O) groups is 1. The van der Waals surface area contributed by atoms with Gasteiger partial charge in [0.05, 0.1) is 15.9 Å². The van der Waals surface area contributed by atoms with Crippen molar-refractivity contribution >= 4 is 58.9 Å². The number of benzene rings is 4. The SMILES string of the molecule is O=C(CN(CCOc1ccc2c(c1)sc1ccccc12)Cc1ccccc1)c1ccc(Br)c([N+](=O)[O-])c1. The molecule has 0 fully saturated rings. The minimum Gasteiger partial charge on any atom is -0.492 e. The van der Waals surface area contributed by atoms with Gasteiger partial charge in [-0.05, 0) is 57.9 Å². The molecule has 0 saturated heterocycles. The highest BCUT2D eigenvalue weighted by atomic mass is 79.9. The van der Waals surface area contributed by atoms with Crippen LogP contribution in [0.15, 0.2) is 95.5 Å². The van der Waals surface area contributed by atoms with Crippen LogP contribution in [-0.2, 0) is 6.54 Å². The molecule has 0 atom stereocenters. The van der Waals surface area contributed by atoms with Gasteiger partial charge < -0.3 is 4.74 Å². The zero-order chi connectivity index (χ0) is 25.8. The number of carbonyl (C=O) groups excluding carboxylic acids is 1. The average Bonchev–Trinajstić information content (AvgIpc) is 3.27. The normalized spacial score (nSPS) is 11.3. The van der Waals surface area contributed by atoms with Gasteiger partial charge in [0, 0.05) is 44.9 Å². The standard InChI is InChI=1S/C29H23BrN2O4S/c30-25-13-10-21(16-26(25)32(34)35)27(33)19-31(18-20-6-2-1-3-7-20)14-15-36-22-11-12-24-23-8-4-5-9-28(23)37-29(24)17-22/h1-13,16-17H,14-15,18-19H2. The Kier molecular flexibility index (Phi) is 7.60. The number of fused-ring (bicyclic) bond motifs is 3. The van der Waals surface area contributed by atoms with E-state index in [0.29, 0.717) is 29.7 Å². The van der Waals surface area contributed by atoms with Crippen molar-refractivity contribution in [2.45, 2.75) is 6.54 Å². The van der Waals surface area contributed by atoms with Crippen molar-refractivity contribution in [2.24, 2.45) is 0 Å². The maximum atomic E-state index is 13.1. The number of hydrogen-bond acceptors (Lipinski definition) is 6. The summed E-state index contributed by atoms with van der Waals surface area (Å²) in [5.41, 5.74) is 1.26. The van der Waals surface area contributed by atoms with Gasteiger partial charge in [-0.15, -0.1) is 11.3 Å². The van der Waals surface area contributed by atoms with Crippen molar-refractivity contribution in [2.75, 3.05) is 19.7 Å². The van der Waals surface area contributed by atoms with Crippen molar-refractivity contribution in [3.8, 4) is 5.75 Å². The number of hydrogen-bond donors (Lipinski definition) is 0. The predicted molar refractivity (Wildman–Crippen MR) is 152 cm³/mol. The van der Waals surface area contributed by atoms with Gasteiger partial charge in [-0.25, -0.2) is 0 Å². The molecule has 0 amide bonds. The van der Waals surface area contributed by atoms with Crippen LogP contribution < -0.4 is 4.74 Å². The fraction of sp³-hybridized carbons (Fsp3) is 0.138. The highest BCUT2D eigenvalue weighted by Crippen LogP contribution is 2.35. The second-order valence-electron chi connectivity index (χ2n) is 8.65. The lowest BCUT2D eigenvalue weighted by Crippen LogP contribution is -2.33. The number of nitro benzene ring substituents is 1. The molecule has 8 heteroatoms. The number of rotatable bonds is 10. The molecular formula is C29H23BrN2O4S. The van der Waals surface area contributed by atoms with Crippen LogP contribution in [0.5, 0.6) is 5.75 Å². The molecular weight excluding hydrogens is 552 g/mol. The maximum absolute atomic E-state index is 13.1. The summed E-state index contributed by atoms with van der Waals surface area (Å²) in [6.07, 6.45) is 0. The van der Waals surface area contributed by atoms with E-state index in [9.17, 15) is 14.9 Å². The monoisotopic (exact) mass is 574 g/mol. The van der Waals surface area contributed by atoms with Crippen LogP contribution in [-0.4, -0.2) is 35.3 Å². The quantitative estimate of drug-likeness (QED) is 0.0981. The largest absolute Gasteiger partial charge is 0.492 e. The molecule has 6 nitrogen and oxygen atoms in total. The van der Waals surface area contributed by atoms with E-state index in [1.165, 1.54) is 26.2 Å². The van der Waals surface area contributed by atoms with Crippen molar-refractivity contribution in [3.63, 3.8) is 0 Å². The van der Waals surface area contributed by atoms with Gasteiger partial charge in [0.15, 0.2) is 5.78 Å². The zero-order valence-corrected chi connectivity index (χ0v) is 22.2. The summed E-state index contributed by atoms with van der Waals surface area (Å²) in [5.74, 6) is 0.604. The fourth-order valence-corrected chi connectivity index (χ4v) is 5.79. The lowest BCUT2D eigenvalue weighted by Gasteiger charge is -2.22. The molecule has 0 spiro atoms. The third-order valence-corrected chi connectivity index (χ3v) is 7.91. The fourth-order valence-electron chi connectivity index (χ4n) is 4.26. The Hall–Kier alpha value is -3.59. The molecule has 5 aromatic rings. The summed E-state index contributed by atoms with van der Waals surface area (Å²) >= 11 is 4.92. The minimum absolute atomic E-state index is 0.117. The number of Topliss-reactive ketones (excluding diaryl/α,β-unsaturated/α-hetero) is 1. The van der Waals surface area contributed by atoms with E-state index in [1.807, 2.05) is 53.4 Å². The molecule has 0 aliphatic carbocycles. The summed E-state index contributed by atoms with van der Waals surface area (Å²) in [4.78, 5) is 25.9. The first kappa shape index (κ1) is 25.1. The highest BCUT2D eigenvalue weighted by molar-refractivity contribution is 9.10. The van der Waals surface area contributed by atoms with Gasteiger partial charge in [-0.3, -0.25) is 19.8 Å². The average molecular weight is 575 g/mol.